The van der Waals surface area contributed by atoms with Gasteiger partial charge in [-0.05, 0) is 24.6 Å². The van der Waals surface area contributed by atoms with Crippen LogP contribution < -0.4 is 5.32 Å². The molecular weight excluding hydrogens is 381 g/mol. The zero-order chi connectivity index (χ0) is 19.1. The van der Waals surface area contributed by atoms with Crippen LogP contribution in [0.25, 0.3) is 0 Å². The molecule has 9 heteroatoms. The second-order valence-corrected chi connectivity index (χ2v) is 6.78. The second kappa shape index (κ2) is 6.59. The first kappa shape index (κ1) is 18.2. The summed E-state index contributed by atoms with van der Waals surface area (Å²) in [5, 5.41) is 14.4. The van der Waals surface area contributed by atoms with Crippen molar-refractivity contribution in [1.82, 2.24) is 10.2 Å². The number of rotatable bonds is 4. The van der Waals surface area contributed by atoms with Gasteiger partial charge in [0.25, 0.3) is 11.6 Å². The van der Waals surface area contributed by atoms with Gasteiger partial charge in [-0.1, -0.05) is 47.5 Å². The Morgan fingerprint density at radius 2 is 1.85 bits per heavy atom. The first-order chi connectivity index (χ1) is 12.2. The van der Waals surface area contributed by atoms with Crippen molar-refractivity contribution in [1.29, 1.82) is 0 Å². The first-order valence-electron chi connectivity index (χ1n) is 7.56. The smallest absolute Gasteiger partial charge is 0.319 e. The summed E-state index contributed by atoms with van der Waals surface area (Å²) in [6.07, 6.45) is 0. The Kier molecular flexibility index (Phi) is 4.60. The molecule has 1 heterocycles. The number of imide groups is 1. The fourth-order valence-electron chi connectivity index (χ4n) is 2.84. The van der Waals surface area contributed by atoms with E-state index in [1.165, 1.54) is 30.3 Å². The minimum atomic E-state index is -1.34. The van der Waals surface area contributed by atoms with Crippen LogP contribution in [0.4, 0.5) is 10.5 Å². The molecule has 1 saturated heterocycles. The molecule has 2 aromatic carbocycles. The third-order valence-corrected chi connectivity index (χ3v) is 5.03. The molecule has 1 N–H and O–H groups in total. The molecule has 0 bridgehead atoms. The van der Waals surface area contributed by atoms with E-state index in [9.17, 15) is 19.7 Å². The maximum atomic E-state index is 12.9. The number of carbonyl (C=O) groups is 2. The number of hydrogen-bond donors (Lipinski definition) is 1. The summed E-state index contributed by atoms with van der Waals surface area (Å²) in [5.41, 5.74) is -0.763. The highest BCUT2D eigenvalue weighted by atomic mass is 35.5. The van der Waals surface area contributed by atoms with Crippen LogP contribution in [-0.2, 0) is 16.9 Å². The van der Waals surface area contributed by atoms with E-state index < -0.39 is 22.4 Å². The van der Waals surface area contributed by atoms with Crippen molar-refractivity contribution in [3.05, 3.63) is 73.8 Å². The van der Waals surface area contributed by atoms with E-state index in [-0.39, 0.29) is 22.8 Å². The van der Waals surface area contributed by atoms with Gasteiger partial charge in [0.15, 0.2) is 0 Å². The molecule has 2 aromatic rings. The zero-order valence-corrected chi connectivity index (χ0v) is 15.0. The number of nitrogens with one attached hydrogen (secondary N) is 1. The minimum Gasteiger partial charge on any atom is -0.319 e. The van der Waals surface area contributed by atoms with Gasteiger partial charge in [0, 0.05) is 11.6 Å². The van der Waals surface area contributed by atoms with E-state index in [1.54, 1.807) is 19.1 Å². The lowest BCUT2D eigenvalue weighted by Crippen LogP contribution is -2.40. The van der Waals surface area contributed by atoms with Gasteiger partial charge >= 0.3 is 6.03 Å². The number of urea groups is 1. The predicted octanol–water partition coefficient (Wildman–Crippen LogP) is 3.87. The molecule has 26 heavy (non-hydrogen) atoms. The summed E-state index contributed by atoms with van der Waals surface area (Å²) in [5.74, 6) is -0.529. The van der Waals surface area contributed by atoms with E-state index in [4.69, 9.17) is 23.2 Å². The topological polar surface area (TPSA) is 92.6 Å². The molecule has 3 amide bonds. The Hall–Kier alpha value is -2.64. The van der Waals surface area contributed by atoms with Crippen LogP contribution in [0.3, 0.4) is 0 Å². The Balaban J connectivity index is 1.94. The van der Waals surface area contributed by atoms with Crippen molar-refractivity contribution in [3.63, 3.8) is 0 Å². The summed E-state index contributed by atoms with van der Waals surface area (Å²) in [6.45, 7) is 1.34. The van der Waals surface area contributed by atoms with Crippen LogP contribution >= 0.6 is 23.2 Å². The number of nitrogens with zero attached hydrogens (tertiary/aromatic N) is 2. The number of amides is 3. The first-order valence-corrected chi connectivity index (χ1v) is 8.31. The predicted molar refractivity (Wildman–Crippen MR) is 96.0 cm³/mol. The van der Waals surface area contributed by atoms with Crippen molar-refractivity contribution in [2.75, 3.05) is 0 Å². The Morgan fingerprint density at radius 1 is 1.15 bits per heavy atom. The number of nitro benzene ring substituents is 1. The van der Waals surface area contributed by atoms with E-state index in [0.29, 0.717) is 10.6 Å². The molecule has 0 saturated carbocycles. The molecule has 1 unspecified atom stereocenters. The maximum Gasteiger partial charge on any atom is 0.325 e. The largest absolute Gasteiger partial charge is 0.325 e. The molecule has 134 valence electrons. The molecule has 1 fully saturated rings. The zero-order valence-electron chi connectivity index (χ0n) is 13.5. The summed E-state index contributed by atoms with van der Waals surface area (Å²) in [6, 6.07) is 9.97. The van der Waals surface area contributed by atoms with Gasteiger partial charge in [0.05, 0.1) is 21.5 Å². The maximum absolute atomic E-state index is 12.9. The average molecular weight is 394 g/mol. The molecule has 1 aliphatic heterocycles. The third-order valence-electron chi connectivity index (χ3n) is 4.29. The summed E-state index contributed by atoms with van der Waals surface area (Å²) in [4.78, 5) is 36.8. The minimum absolute atomic E-state index is 0.156. The van der Waals surface area contributed by atoms with Crippen molar-refractivity contribution < 1.29 is 14.5 Å². The summed E-state index contributed by atoms with van der Waals surface area (Å²) >= 11 is 11.9. The number of halogens is 2. The monoisotopic (exact) mass is 393 g/mol. The van der Waals surface area contributed by atoms with Crippen LogP contribution in [0.15, 0.2) is 42.5 Å². The highest BCUT2D eigenvalue weighted by Gasteiger charge is 2.49. The molecule has 3 rings (SSSR count). The second-order valence-electron chi connectivity index (χ2n) is 5.96. The third kappa shape index (κ3) is 3.00. The molecule has 1 aliphatic rings. The Morgan fingerprint density at radius 3 is 2.50 bits per heavy atom. The molecule has 0 spiro atoms. The van der Waals surface area contributed by atoms with Crippen molar-refractivity contribution >= 4 is 40.8 Å². The lowest BCUT2D eigenvalue weighted by molar-refractivity contribution is -0.385. The fraction of sp³-hybridized carbons (Fsp3) is 0.176. The van der Waals surface area contributed by atoms with Crippen molar-refractivity contribution in [3.8, 4) is 0 Å². The molecule has 1 atom stereocenters. The van der Waals surface area contributed by atoms with Gasteiger partial charge in [-0.2, -0.15) is 0 Å². The Bertz CT molecular complexity index is 934. The van der Waals surface area contributed by atoms with Crippen molar-refractivity contribution in [2.24, 2.45) is 0 Å². The standard InChI is InChI=1S/C17H13Cl2N3O4/c1-17(11-6-7-12(18)13(19)8-11)15(23)21(16(24)20-17)9-10-4-2-3-5-14(10)22(25)26/h2-8H,9H2,1H3,(H,20,24). The van der Waals surface area contributed by atoms with Gasteiger partial charge in [-0.3, -0.25) is 19.8 Å². The number of nitro groups is 1. The molecule has 0 aliphatic carbocycles. The molecule has 0 radical (unpaired) electrons. The van der Waals surface area contributed by atoms with Crippen LogP contribution in [0, 0.1) is 10.1 Å². The van der Waals surface area contributed by atoms with Crippen LogP contribution in [0.5, 0.6) is 0 Å². The van der Waals surface area contributed by atoms with E-state index in [2.05, 4.69) is 5.32 Å². The fourth-order valence-corrected chi connectivity index (χ4v) is 3.13. The number of benzene rings is 2. The van der Waals surface area contributed by atoms with Crippen LogP contribution in [0.2, 0.25) is 10.0 Å². The normalized spacial score (nSPS) is 19.6. The van der Waals surface area contributed by atoms with Gasteiger partial charge in [-0.25, -0.2) is 4.79 Å². The van der Waals surface area contributed by atoms with E-state index in [0.717, 1.165) is 4.90 Å². The number of para-hydroxylation sites is 1. The summed E-state index contributed by atoms with van der Waals surface area (Å²) < 4.78 is 0. The van der Waals surface area contributed by atoms with Crippen LogP contribution in [0.1, 0.15) is 18.1 Å². The van der Waals surface area contributed by atoms with Gasteiger partial charge in [0.1, 0.15) is 5.54 Å². The van der Waals surface area contributed by atoms with Crippen LogP contribution in [-0.4, -0.2) is 21.8 Å². The molecule has 0 aromatic heterocycles. The highest BCUT2D eigenvalue weighted by Crippen LogP contribution is 2.34. The van der Waals surface area contributed by atoms with Gasteiger partial charge in [0.2, 0.25) is 0 Å². The summed E-state index contributed by atoms with van der Waals surface area (Å²) in [7, 11) is 0. The van der Waals surface area contributed by atoms with Gasteiger partial charge < -0.3 is 5.32 Å². The lowest BCUT2D eigenvalue weighted by atomic mass is 9.92. The SMILES string of the molecule is CC1(c2ccc(Cl)c(Cl)c2)NC(=O)N(Cc2ccccc2[N+](=O)[O-])C1=O. The lowest BCUT2D eigenvalue weighted by Gasteiger charge is -2.22. The van der Waals surface area contributed by atoms with E-state index >= 15 is 0 Å². The van der Waals surface area contributed by atoms with Gasteiger partial charge in [-0.15, -0.1) is 0 Å². The number of hydrogen-bond acceptors (Lipinski definition) is 4. The Labute approximate surface area is 158 Å². The quantitative estimate of drug-likeness (QED) is 0.484. The average Bonchev–Trinajstić information content (AvgIpc) is 2.82. The van der Waals surface area contributed by atoms with Crippen molar-refractivity contribution in [2.45, 2.75) is 19.0 Å². The highest BCUT2D eigenvalue weighted by molar-refractivity contribution is 6.42. The van der Waals surface area contributed by atoms with E-state index in [1.807, 2.05) is 0 Å². The number of carbonyl (C=O) groups excluding carboxylic acids is 2. The molecule has 7 nitrogen and oxygen atoms in total. The molecular formula is C17H13Cl2N3O4.